The van der Waals surface area contributed by atoms with Crippen LogP contribution < -0.4 is 16.8 Å². The fourth-order valence-corrected chi connectivity index (χ4v) is 4.25. The fourth-order valence-electron chi connectivity index (χ4n) is 4.25. The van der Waals surface area contributed by atoms with Crippen LogP contribution in [0.3, 0.4) is 0 Å². The topological polar surface area (TPSA) is 247 Å². The molecule has 0 spiro atoms. The van der Waals surface area contributed by atoms with Gasteiger partial charge in [-0.25, -0.2) is 15.0 Å². The van der Waals surface area contributed by atoms with E-state index >= 15 is 0 Å². The largest absolute Gasteiger partial charge is 0.480 e. The Labute approximate surface area is 213 Å². The van der Waals surface area contributed by atoms with Gasteiger partial charge >= 0.3 is 5.97 Å². The Morgan fingerprint density at radius 3 is 2.84 bits per heavy atom. The van der Waals surface area contributed by atoms with Crippen molar-refractivity contribution in [1.82, 2.24) is 24.4 Å². The summed E-state index contributed by atoms with van der Waals surface area (Å²) in [5.74, 6) is -0.584. The number of fused-ring (bicyclic) bond motifs is 1. The summed E-state index contributed by atoms with van der Waals surface area (Å²) in [6.07, 6.45) is -0.624. The van der Waals surface area contributed by atoms with Crippen LogP contribution in [0.15, 0.2) is 11.4 Å². The van der Waals surface area contributed by atoms with Crippen LogP contribution in [-0.2, 0) is 9.53 Å². The predicted octanol–water partition coefficient (Wildman–Crippen LogP) is 0.0441. The highest BCUT2D eigenvalue weighted by molar-refractivity contribution is 5.84. The van der Waals surface area contributed by atoms with E-state index in [2.05, 4.69) is 30.3 Å². The van der Waals surface area contributed by atoms with Gasteiger partial charge in [0.05, 0.1) is 0 Å². The van der Waals surface area contributed by atoms with Gasteiger partial charge in [-0.3, -0.25) is 9.36 Å². The van der Waals surface area contributed by atoms with Gasteiger partial charge in [0.25, 0.3) is 0 Å². The number of aliphatic hydroxyl groups excluding tert-OH is 2. The molecule has 0 aliphatic carbocycles. The Bertz CT molecular complexity index is 1090. The summed E-state index contributed by atoms with van der Waals surface area (Å²) in [4.78, 5) is 28.5. The first-order chi connectivity index (χ1) is 17.8. The summed E-state index contributed by atoms with van der Waals surface area (Å²) in [6.45, 7) is 4.15. The number of hydrogen-bond donors (Lipinski definition) is 6. The van der Waals surface area contributed by atoms with Crippen LogP contribution >= 0.6 is 0 Å². The average Bonchev–Trinajstić information content (AvgIpc) is 3.37. The number of ether oxygens (including phenoxy) is 1. The van der Waals surface area contributed by atoms with Crippen molar-refractivity contribution in [2.45, 2.75) is 63.2 Å². The highest BCUT2D eigenvalue weighted by Gasteiger charge is 2.45. The number of aliphatic hydroxyl groups is 2. The Morgan fingerprint density at radius 1 is 1.35 bits per heavy atom. The lowest BCUT2D eigenvalue weighted by molar-refractivity contribution is -0.138. The molecule has 0 radical (unpaired) electrons. The second kappa shape index (κ2) is 13.3. The van der Waals surface area contributed by atoms with Crippen LogP contribution in [0.1, 0.15) is 38.8 Å². The number of aliphatic carboxylic acids is 1. The van der Waals surface area contributed by atoms with Gasteiger partial charge in [0.2, 0.25) is 5.95 Å². The molecule has 1 fully saturated rings. The zero-order valence-corrected chi connectivity index (χ0v) is 20.7. The van der Waals surface area contributed by atoms with Crippen LogP contribution in [0, 0.1) is 0 Å². The maximum atomic E-state index is 11.1. The van der Waals surface area contributed by atoms with E-state index in [0.29, 0.717) is 56.1 Å². The van der Waals surface area contributed by atoms with E-state index < -0.39 is 36.6 Å². The first kappa shape index (κ1) is 28.3. The first-order valence-corrected chi connectivity index (χ1v) is 12.2. The number of carbonyl (C=O) groups is 1. The third kappa shape index (κ3) is 6.94. The zero-order valence-electron chi connectivity index (χ0n) is 20.7. The summed E-state index contributed by atoms with van der Waals surface area (Å²) in [5.41, 5.74) is 20.7. The van der Waals surface area contributed by atoms with Gasteiger partial charge in [-0.15, -0.1) is 0 Å². The number of nitrogens with zero attached hydrogens (tertiary/aromatic N) is 8. The molecule has 0 bridgehead atoms. The molecule has 1 aliphatic heterocycles. The molecule has 204 valence electrons. The molecule has 1 saturated heterocycles. The molecular weight excluding hydrogens is 486 g/mol. The molecule has 0 aromatic carbocycles. The van der Waals surface area contributed by atoms with E-state index in [9.17, 15) is 15.0 Å². The van der Waals surface area contributed by atoms with Gasteiger partial charge < -0.3 is 41.7 Å². The monoisotopic (exact) mass is 521 g/mol. The van der Waals surface area contributed by atoms with E-state index in [0.717, 1.165) is 6.42 Å². The molecule has 16 heteroatoms. The molecule has 2 aromatic rings. The number of nitrogens with one attached hydrogen (secondary N) is 1. The number of aromatic nitrogens is 4. The Hall–Kier alpha value is -3.27. The van der Waals surface area contributed by atoms with Crippen molar-refractivity contribution in [1.29, 1.82) is 0 Å². The van der Waals surface area contributed by atoms with Crippen molar-refractivity contribution >= 4 is 28.9 Å². The average molecular weight is 522 g/mol. The number of anilines is 2. The molecule has 3 heterocycles. The smallest absolute Gasteiger partial charge is 0.320 e. The fraction of sp³-hybridized carbons (Fsp3) is 0.714. The minimum absolute atomic E-state index is 0.156. The quantitative estimate of drug-likeness (QED) is 0.0787. The number of unbranched alkanes of at least 4 members (excludes halogenated alkanes) is 1. The number of nitrogen functional groups attached to an aromatic ring is 1. The summed E-state index contributed by atoms with van der Waals surface area (Å²) < 4.78 is 7.70. The van der Waals surface area contributed by atoms with Gasteiger partial charge in [-0.1, -0.05) is 12.0 Å². The van der Waals surface area contributed by atoms with Crippen molar-refractivity contribution in [3.63, 3.8) is 0 Å². The van der Waals surface area contributed by atoms with Crippen LogP contribution in [0.2, 0.25) is 0 Å². The molecule has 16 nitrogen and oxygen atoms in total. The number of carboxylic acid groups (broad SMARTS) is 1. The van der Waals surface area contributed by atoms with Crippen molar-refractivity contribution in [2.75, 3.05) is 43.8 Å². The Balaban J connectivity index is 1.79. The molecule has 1 unspecified atom stereocenters. The van der Waals surface area contributed by atoms with E-state index in [-0.39, 0.29) is 18.8 Å². The number of imidazole rings is 1. The number of rotatable bonds is 15. The van der Waals surface area contributed by atoms with Crippen LogP contribution in [0.4, 0.5) is 11.8 Å². The number of azide groups is 1. The van der Waals surface area contributed by atoms with Gasteiger partial charge in [0.1, 0.15) is 30.7 Å². The standard InChI is InChI=1S/C21H35N11O5/c1-2-8-31(9-5-12(22)20(35)36)10-13-15(33)16(34)19(37-13)32-18-14(17(23)26-11-27-18)29-21(32)25-6-3-4-7-28-30-24/h11-13,15-16,19,33-34H,2-10,22H2,1H3,(H,25,29)(H,35,36)(H2,23,26,27)/t12-,13+,15?,16-,19+/m0/s1. The molecule has 5 atom stereocenters. The first-order valence-electron chi connectivity index (χ1n) is 12.2. The third-order valence-electron chi connectivity index (χ3n) is 6.18. The summed E-state index contributed by atoms with van der Waals surface area (Å²) in [7, 11) is 0. The molecular formula is C21H35N11O5. The van der Waals surface area contributed by atoms with Crippen LogP contribution in [0.25, 0.3) is 21.6 Å². The van der Waals surface area contributed by atoms with E-state index in [1.165, 1.54) is 6.33 Å². The molecule has 37 heavy (non-hydrogen) atoms. The molecule has 8 N–H and O–H groups in total. The maximum absolute atomic E-state index is 11.1. The lowest BCUT2D eigenvalue weighted by Crippen LogP contribution is -2.42. The predicted molar refractivity (Wildman–Crippen MR) is 134 cm³/mol. The highest BCUT2D eigenvalue weighted by Crippen LogP contribution is 2.35. The summed E-state index contributed by atoms with van der Waals surface area (Å²) >= 11 is 0. The van der Waals surface area contributed by atoms with Gasteiger partial charge in [0, 0.05) is 31.1 Å². The second-order valence-corrected chi connectivity index (χ2v) is 8.91. The third-order valence-corrected chi connectivity index (χ3v) is 6.18. The van der Waals surface area contributed by atoms with Gasteiger partial charge in [-0.05, 0) is 37.8 Å². The van der Waals surface area contributed by atoms with Gasteiger partial charge in [0.15, 0.2) is 23.2 Å². The number of carboxylic acids is 1. The summed E-state index contributed by atoms with van der Waals surface area (Å²) in [6, 6.07) is -0.991. The highest BCUT2D eigenvalue weighted by atomic mass is 16.6. The van der Waals surface area contributed by atoms with Crippen LogP contribution in [0.5, 0.6) is 0 Å². The number of nitrogens with two attached hydrogens (primary N) is 2. The van der Waals surface area contributed by atoms with Crippen LogP contribution in [-0.4, -0.2) is 103 Å². The molecule has 0 amide bonds. The van der Waals surface area contributed by atoms with Crippen molar-refractivity contribution in [3.8, 4) is 0 Å². The zero-order chi connectivity index (χ0) is 26.9. The summed E-state index contributed by atoms with van der Waals surface area (Å²) in [5, 5.41) is 37.6. The normalized spacial score (nSPS) is 22.3. The SMILES string of the molecule is CCCN(CC[C@H](N)C(=O)O)C[C@H]1O[C@@H](n2c(NCCCCN=[N+]=[N-])nc3c(N)ncnc32)[C@@H](O)C1O. The molecule has 2 aromatic heterocycles. The van der Waals surface area contributed by atoms with Gasteiger partial charge in [-0.2, -0.15) is 0 Å². The van der Waals surface area contributed by atoms with E-state index in [4.69, 9.17) is 26.8 Å². The molecule has 3 rings (SSSR count). The Morgan fingerprint density at radius 2 is 2.14 bits per heavy atom. The van der Waals surface area contributed by atoms with Crippen molar-refractivity contribution < 1.29 is 24.9 Å². The van der Waals surface area contributed by atoms with E-state index in [1.54, 1.807) is 4.57 Å². The minimum Gasteiger partial charge on any atom is -0.480 e. The lowest BCUT2D eigenvalue weighted by Gasteiger charge is -2.27. The number of hydrogen-bond acceptors (Lipinski definition) is 12. The minimum atomic E-state index is -1.30. The lowest BCUT2D eigenvalue weighted by atomic mass is 10.1. The maximum Gasteiger partial charge on any atom is 0.320 e. The van der Waals surface area contributed by atoms with Crippen molar-refractivity contribution in [3.05, 3.63) is 16.8 Å². The Kier molecular flexibility index (Phi) is 10.2. The van der Waals surface area contributed by atoms with Crippen molar-refractivity contribution in [2.24, 2.45) is 10.8 Å². The molecule has 1 aliphatic rings. The second-order valence-electron chi connectivity index (χ2n) is 8.91. The van der Waals surface area contributed by atoms with E-state index in [1.807, 2.05) is 11.8 Å². The molecule has 0 saturated carbocycles.